The van der Waals surface area contributed by atoms with Crippen molar-refractivity contribution in [2.75, 3.05) is 27.0 Å². The summed E-state index contributed by atoms with van der Waals surface area (Å²) in [4.78, 5) is 21.4. The van der Waals surface area contributed by atoms with Crippen LogP contribution < -0.4 is 10.6 Å². The topological polar surface area (TPSA) is 76.7 Å². The predicted octanol–water partition coefficient (Wildman–Crippen LogP) is -0.547. The monoisotopic (exact) mass is 190 g/mol. The molecular weight excluding hydrogens is 176 g/mol. The molecule has 76 valence electrons. The zero-order valence-electron chi connectivity index (χ0n) is 7.75. The quantitative estimate of drug-likeness (QED) is 0.570. The van der Waals surface area contributed by atoms with Crippen LogP contribution in [0.25, 0.3) is 0 Å². The highest BCUT2D eigenvalue weighted by Crippen LogP contribution is 1.74. The molecule has 0 aliphatic heterocycles. The molecule has 0 aromatic rings. The van der Waals surface area contributed by atoms with Crippen molar-refractivity contribution < 1.29 is 19.1 Å². The van der Waals surface area contributed by atoms with Crippen LogP contribution in [0.2, 0.25) is 0 Å². The first-order chi connectivity index (χ1) is 6.20. The summed E-state index contributed by atoms with van der Waals surface area (Å²) in [5.41, 5.74) is 0. The molecule has 0 atom stereocenters. The number of nitrogens with one attached hydrogen (secondary N) is 2. The van der Waals surface area contributed by atoms with Crippen molar-refractivity contribution in [3.8, 4) is 0 Å². The van der Waals surface area contributed by atoms with Crippen molar-refractivity contribution in [1.82, 2.24) is 10.6 Å². The number of hydrogen-bond donors (Lipinski definition) is 2. The van der Waals surface area contributed by atoms with E-state index in [-0.39, 0.29) is 19.2 Å². The van der Waals surface area contributed by atoms with Gasteiger partial charge in [0.1, 0.15) is 6.61 Å². The van der Waals surface area contributed by atoms with Gasteiger partial charge in [-0.15, -0.1) is 0 Å². The number of amides is 2. The number of hydrogen-bond acceptors (Lipinski definition) is 4. The minimum atomic E-state index is -0.555. The van der Waals surface area contributed by atoms with E-state index in [2.05, 4.69) is 20.1 Å². The highest BCUT2D eigenvalue weighted by molar-refractivity contribution is 5.77. The smallest absolute Gasteiger partial charge is 0.408 e. The zero-order valence-corrected chi connectivity index (χ0v) is 7.75. The predicted molar refractivity (Wildman–Crippen MR) is 45.0 cm³/mol. The van der Waals surface area contributed by atoms with Crippen LogP contribution in [-0.4, -0.2) is 39.0 Å². The van der Waals surface area contributed by atoms with E-state index in [4.69, 9.17) is 0 Å². The molecular formula is C7H14N2O4. The van der Waals surface area contributed by atoms with Crippen molar-refractivity contribution in [1.29, 1.82) is 0 Å². The van der Waals surface area contributed by atoms with Gasteiger partial charge in [-0.3, -0.25) is 4.79 Å². The fraction of sp³-hybridized carbons (Fsp3) is 0.714. The number of ether oxygens (including phenoxy) is 2. The van der Waals surface area contributed by atoms with Gasteiger partial charge in [0.05, 0.1) is 13.3 Å². The van der Waals surface area contributed by atoms with E-state index in [1.54, 1.807) is 6.92 Å². The van der Waals surface area contributed by atoms with Crippen molar-refractivity contribution in [3.05, 3.63) is 0 Å². The van der Waals surface area contributed by atoms with E-state index in [0.29, 0.717) is 6.61 Å². The molecule has 2 amide bonds. The molecule has 0 aromatic carbocycles. The normalized spacial score (nSPS) is 9.08. The van der Waals surface area contributed by atoms with Crippen LogP contribution in [0.3, 0.4) is 0 Å². The molecule has 6 heteroatoms. The molecule has 0 unspecified atom stereocenters. The Bertz CT molecular complexity index is 154. The molecule has 13 heavy (non-hydrogen) atoms. The molecule has 0 aromatic heterocycles. The number of alkyl carbamates (subject to hydrolysis) is 1. The van der Waals surface area contributed by atoms with E-state index in [9.17, 15) is 9.59 Å². The lowest BCUT2D eigenvalue weighted by atomic mass is 10.6. The first-order valence-corrected chi connectivity index (χ1v) is 3.87. The van der Waals surface area contributed by atoms with Gasteiger partial charge in [-0.2, -0.15) is 0 Å². The summed E-state index contributed by atoms with van der Waals surface area (Å²) in [5, 5.41) is 4.72. The molecule has 2 N–H and O–H groups in total. The third-order valence-corrected chi connectivity index (χ3v) is 1.07. The highest BCUT2D eigenvalue weighted by Gasteiger charge is 2.01. The fourth-order valence-electron chi connectivity index (χ4n) is 0.579. The van der Waals surface area contributed by atoms with E-state index in [1.165, 1.54) is 7.11 Å². The lowest BCUT2D eigenvalue weighted by molar-refractivity contribution is -0.124. The first-order valence-electron chi connectivity index (χ1n) is 3.87. The van der Waals surface area contributed by atoms with Gasteiger partial charge in [0.15, 0.2) is 0 Å². The molecule has 0 aliphatic rings. The third kappa shape index (κ3) is 7.07. The average Bonchev–Trinajstić information content (AvgIpc) is 2.05. The summed E-state index contributed by atoms with van der Waals surface area (Å²) in [6.45, 7) is 2.02. The van der Waals surface area contributed by atoms with Crippen molar-refractivity contribution in [2.24, 2.45) is 0 Å². The van der Waals surface area contributed by atoms with E-state index in [1.807, 2.05) is 0 Å². The lowest BCUT2D eigenvalue weighted by Crippen LogP contribution is -2.38. The number of carbonyl (C=O) groups excluding carboxylic acids is 2. The summed E-state index contributed by atoms with van der Waals surface area (Å²) >= 11 is 0. The minimum absolute atomic E-state index is 0.0233. The molecule has 0 saturated carbocycles. The Morgan fingerprint density at radius 2 is 2.00 bits per heavy atom. The van der Waals surface area contributed by atoms with Crippen LogP contribution in [0.4, 0.5) is 4.79 Å². The maximum atomic E-state index is 10.8. The van der Waals surface area contributed by atoms with Crippen molar-refractivity contribution in [2.45, 2.75) is 6.92 Å². The van der Waals surface area contributed by atoms with Crippen LogP contribution in [0.5, 0.6) is 0 Å². The van der Waals surface area contributed by atoms with Gasteiger partial charge in [-0.25, -0.2) is 4.79 Å². The Hall–Kier alpha value is -1.30. The molecule has 6 nitrogen and oxygen atoms in total. The largest absolute Gasteiger partial charge is 0.450 e. The number of rotatable bonds is 5. The SMILES string of the molecule is CCOC(=O)NCNC(=O)COC. The second-order valence-electron chi connectivity index (χ2n) is 2.11. The molecule has 0 bridgehead atoms. The van der Waals surface area contributed by atoms with Gasteiger partial charge in [0, 0.05) is 7.11 Å². The maximum absolute atomic E-state index is 10.8. The summed E-state index contributed by atoms with van der Waals surface area (Å²) < 4.78 is 9.10. The first kappa shape index (κ1) is 11.7. The van der Waals surface area contributed by atoms with Gasteiger partial charge < -0.3 is 20.1 Å². The Balaban J connectivity index is 3.33. The molecule has 0 aliphatic carbocycles. The van der Waals surface area contributed by atoms with Crippen LogP contribution >= 0.6 is 0 Å². The summed E-state index contributed by atoms with van der Waals surface area (Å²) in [7, 11) is 1.42. The molecule has 0 spiro atoms. The Kier molecular flexibility index (Phi) is 6.62. The van der Waals surface area contributed by atoms with E-state index >= 15 is 0 Å². The Labute approximate surface area is 76.6 Å². The number of methoxy groups -OCH3 is 1. The summed E-state index contributed by atoms with van der Waals surface area (Å²) in [6, 6.07) is 0. The fourth-order valence-corrected chi connectivity index (χ4v) is 0.579. The average molecular weight is 190 g/mol. The third-order valence-electron chi connectivity index (χ3n) is 1.07. The maximum Gasteiger partial charge on any atom is 0.408 e. The van der Waals surface area contributed by atoms with Gasteiger partial charge in [-0.1, -0.05) is 0 Å². The van der Waals surface area contributed by atoms with Crippen molar-refractivity contribution >= 4 is 12.0 Å². The van der Waals surface area contributed by atoms with Crippen LogP contribution in [-0.2, 0) is 14.3 Å². The lowest BCUT2D eigenvalue weighted by Gasteiger charge is -2.06. The minimum Gasteiger partial charge on any atom is -0.450 e. The van der Waals surface area contributed by atoms with Gasteiger partial charge in [-0.05, 0) is 6.92 Å². The molecule has 0 fully saturated rings. The Morgan fingerprint density at radius 3 is 2.54 bits per heavy atom. The van der Waals surface area contributed by atoms with Crippen LogP contribution in [0, 0.1) is 0 Å². The zero-order chi connectivity index (χ0) is 10.1. The molecule has 0 heterocycles. The van der Waals surface area contributed by atoms with Crippen molar-refractivity contribution in [3.63, 3.8) is 0 Å². The summed E-state index contributed by atoms with van der Waals surface area (Å²) in [6.07, 6.45) is -0.555. The van der Waals surface area contributed by atoms with E-state index < -0.39 is 6.09 Å². The standard InChI is InChI=1S/C7H14N2O4/c1-3-13-7(11)9-5-8-6(10)4-12-2/h3-5H2,1-2H3,(H,8,10)(H,9,11). The van der Waals surface area contributed by atoms with Crippen LogP contribution in [0.1, 0.15) is 6.92 Å². The van der Waals surface area contributed by atoms with Crippen LogP contribution in [0.15, 0.2) is 0 Å². The molecule has 0 radical (unpaired) electrons. The molecule has 0 saturated heterocycles. The number of carbonyl (C=O) groups is 2. The van der Waals surface area contributed by atoms with Gasteiger partial charge in [0.2, 0.25) is 5.91 Å². The highest BCUT2D eigenvalue weighted by atomic mass is 16.5. The van der Waals surface area contributed by atoms with Gasteiger partial charge >= 0.3 is 6.09 Å². The summed E-state index contributed by atoms with van der Waals surface area (Å²) in [5.74, 6) is -0.292. The second kappa shape index (κ2) is 7.35. The van der Waals surface area contributed by atoms with Gasteiger partial charge in [0.25, 0.3) is 0 Å². The van der Waals surface area contributed by atoms with E-state index in [0.717, 1.165) is 0 Å². The second-order valence-corrected chi connectivity index (χ2v) is 2.11. The molecule has 0 rings (SSSR count). The Morgan fingerprint density at radius 1 is 1.31 bits per heavy atom.